The van der Waals surface area contributed by atoms with Gasteiger partial charge >= 0.3 is 0 Å². The average molecular weight is 401 g/mol. The number of piperazine rings is 1. The van der Waals surface area contributed by atoms with E-state index in [0.717, 1.165) is 5.82 Å². The number of rotatable bonds is 4. The number of hydrogen-bond acceptors (Lipinski definition) is 4. The minimum absolute atomic E-state index is 0.0550. The molecule has 1 aromatic heterocycles. The molecule has 1 aliphatic heterocycles. The first-order valence-electron chi connectivity index (χ1n) is 7.75. The molecule has 2 aromatic rings. The summed E-state index contributed by atoms with van der Waals surface area (Å²) in [5, 5.41) is 1.52. The third-order valence-electron chi connectivity index (χ3n) is 3.91. The molecule has 1 aromatic carbocycles. The monoisotopic (exact) mass is 399 g/mol. The van der Waals surface area contributed by atoms with Gasteiger partial charge in [-0.05, 0) is 30.3 Å². The molecule has 0 aliphatic carbocycles. The van der Waals surface area contributed by atoms with Crippen LogP contribution in [-0.2, 0) is 4.79 Å². The van der Waals surface area contributed by atoms with E-state index in [1.54, 1.807) is 29.3 Å². The summed E-state index contributed by atoms with van der Waals surface area (Å²) in [4.78, 5) is 20.5. The highest BCUT2D eigenvalue weighted by Gasteiger charge is 2.22. The SMILES string of the molecule is O=C(COc1ccc(Cl)cc1Cl)N1CCN(c2ccc(Cl)cn2)CC1. The van der Waals surface area contributed by atoms with Crippen molar-refractivity contribution < 1.29 is 9.53 Å². The minimum atomic E-state index is -0.0743. The van der Waals surface area contributed by atoms with Gasteiger partial charge in [-0.25, -0.2) is 4.98 Å². The predicted octanol–water partition coefficient (Wildman–Crippen LogP) is 3.77. The number of benzene rings is 1. The van der Waals surface area contributed by atoms with E-state index in [1.165, 1.54) is 0 Å². The number of pyridine rings is 1. The van der Waals surface area contributed by atoms with Crippen LogP contribution in [0.5, 0.6) is 5.75 Å². The highest BCUT2D eigenvalue weighted by molar-refractivity contribution is 6.35. The van der Waals surface area contributed by atoms with Crippen LogP contribution in [-0.4, -0.2) is 48.6 Å². The molecule has 1 amide bonds. The molecule has 0 bridgehead atoms. The van der Waals surface area contributed by atoms with E-state index in [9.17, 15) is 4.79 Å². The van der Waals surface area contributed by atoms with Crippen molar-refractivity contribution >= 4 is 46.5 Å². The Balaban J connectivity index is 1.50. The third kappa shape index (κ3) is 4.69. The first kappa shape index (κ1) is 18.1. The van der Waals surface area contributed by atoms with Gasteiger partial charge in [-0.3, -0.25) is 4.79 Å². The molecule has 0 atom stereocenters. The van der Waals surface area contributed by atoms with E-state index in [2.05, 4.69) is 9.88 Å². The zero-order valence-electron chi connectivity index (χ0n) is 13.3. The number of ether oxygens (including phenoxy) is 1. The van der Waals surface area contributed by atoms with Crippen LogP contribution in [0, 0.1) is 0 Å². The van der Waals surface area contributed by atoms with Gasteiger partial charge < -0.3 is 14.5 Å². The van der Waals surface area contributed by atoms with Gasteiger partial charge in [0.25, 0.3) is 5.91 Å². The summed E-state index contributed by atoms with van der Waals surface area (Å²) < 4.78 is 5.51. The Bertz CT molecular complexity index is 747. The zero-order chi connectivity index (χ0) is 17.8. The standard InChI is InChI=1S/C17H16Cl3N3O2/c18-12-1-3-15(14(20)9-12)25-11-17(24)23-7-5-22(6-8-23)16-4-2-13(19)10-21-16/h1-4,9-10H,5-8,11H2. The average Bonchev–Trinajstić information content (AvgIpc) is 2.61. The van der Waals surface area contributed by atoms with E-state index in [4.69, 9.17) is 39.5 Å². The normalized spacial score (nSPS) is 14.5. The Morgan fingerprint density at radius 3 is 2.40 bits per heavy atom. The molecule has 132 valence electrons. The number of amides is 1. The molecule has 1 saturated heterocycles. The van der Waals surface area contributed by atoms with Crippen molar-refractivity contribution in [3.05, 3.63) is 51.6 Å². The molecule has 5 nitrogen and oxygen atoms in total. The maximum atomic E-state index is 12.3. The number of hydrogen-bond donors (Lipinski definition) is 0. The Labute approximate surface area is 161 Å². The van der Waals surface area contributed by atoms with E-state index in [0.29, 0.717) is 47.0 Å². The van der Waals surface area contributed by atoms with Crippen molar-refractivity contribution in [2.75, 3.05) is 37.7 Å². The molecule has 25 heavy (non-hydrogen) atoms. The zero-order valence-corrected chi connectivity index (χ0v) is 15.6. The van der Waals surface area contributed by atoms with Crippen molar-refractivity contribution in [1.82, 2.24) is 9.88 Å². The number of carbonyl (C=O) groups excluding carboxylic acids is 1. The molecule has 0 radical (unpaired) electrons. The Morgan fingerprint density at radius 1 is 1.04 bits per heavy atom. The molecule has 3 rings (SSSR count). The summed E-state index contributed by atoms with van der Waals surface area (Å²) in [7, 11) is 0. The van der Waals surface area contributed by atoms with E-state index in [-0.39, 0.29) is 12.5 Å². The first-order chi connectivity index (χ1) is 12.0. The summed E-state index contributed by atoms with van der Waals surface area (Å²) in [5.41, 5.74) is 0. The molecule has 0 saturated carbocycles. The first-order valence-corrected chi connectivity index (χ1v) is 8.88. The minimum Gasteiger partial charge on any atom is -0.482 e. The van der Waals surface area contributed by atoms with Gasteiger partial charge in [0.1, 0.15) is 11.6 Å². The Hall–Kier alpha value is -1.69. The van der Waals surface area contributed by atoms with Crippen LogP contribution in [0.15, 0.2) is 36.5 Å². The fourth-order valence-corrected chi connectivity index (χ4v) is 3.14. The van der Waals surface area contributed by atoms with Crippen LogP contribution in [0.2, 0.25) is 15.1 Å². The third-order valence-corrected chi connectivity index (χ3v) is 4.67. The summed E-state index contributed by atoms with van der Waals surface area (Å²) >= 11 is 17.7. The van der Waals surface area contributed by atoms with Gasteiger partial charge in [0.15, 0.2) is 6.61 Å². The maximum absolute atomic E-state index is 12.3. The van der Waals surface area contributed by atoms with Crippen molar-refractivity contribution in [3.63, 3.8) is 0 Å². The van der Waals surface area contributed by atoms with Crippen LogP contribution >= 0.6 is 34.8 Å². The molecule has 2 heterocycles. The molecule has 1 aliphatic rings. The maximum Gasteiger partial charge on any atom is 0.260 e. The summed E-state index contributed by atoms with van der Waals surface area (Å²) in [6, 6.07) is 8.60. The lowest BCUT2D eigenvalue weighted by Gasteiger charge is -2.35. The Kier molecular flexibility index (Phi) is 5.89. The molecule has 0 N–H and O–H groups in total. The van der Waals surface area contributed by atoms with Gasteiger partial charge in [0.05, 0.1) is 10.0 Å². The largest absolute Gasteiger partial charge is 0.482 e. The lowest BCUT2D eigenvalue weighted by molar-refractivity contribution is -0.133. The van der Waals surface area contributed by atoms with E-state index < -0.39 is 0 Å². The number of anilines is 1. The number of halogens is 3. The van der Waals surface area contributed by atoms with Crippen LogP contribution < -0.4 is 9.64 Å². The number of carbonyl (C=O) groups is 1. The Morgan fingerprint density at radius 2 is 1.76 bits per heavy atom. The fourth-order valence-electron chi connectivity index (χ4n) is 2.56. The molecule has 0 unspecified atom stereocenters. The fraction of sp³-hybridized carbons (Fsp3) is 0.294. The molecular formula is C17H16Cl3N3O2. The lowest BCUT2D eigenvalue weighted by atomic mass is 10.3. The molecule has 8 heteroatoms. The van der Waals surface area contributed by atoms with Crippen LogP contribution in [0.4, 0.5) is 5.82 Å². The molecular weight excluding hydrogens is 385 g/mol. The number of nitrogens with zero attached hydrogens (tertiary/aromatic N) is 3. The second-order valence-electron chi connectivity index (χ2n) is 5.57. The smallest absolute Gasteiger partial charge is 0.260 e. The van der Waals surface area contributed by atoms with E-state index in [1.807, 2.05) is 12.1 Å². The van der Waals surface area contributed by atoms with Crippen molar-refractivity contribution in [2.24, 2.45) is 0 Å². The summed E-state index contributed by atoms with van der Waals surface area (Å²) in [5.74, 6) is 1.24. The van der Waals surface area contributed by atoms with Gasteiger partial charge in [-0.1, -0.05) is 34.8 Å². The number of aromatic nitrogens is 1. The van der Waals surface area contributed by atoms with Crippen molar-refractivity contribution in [1.29, 1.82) is 0 Å². The quantitative estimate of drug-likeness (QED) is 0.784. The topological polar surface area (TPSA) is 45.7 Å². The van der Waals surface area contributed by atoms with E-state index >= 15 is 0 Å². The molecule has 1 fully saturated rings. The highest BCUT2D eigenvalue weighted by atomic mass is 35.5. The second-order valence-corrected chi connectivity index (χ2v) is 6.85. The van der Waals surface area contributed by atoms with Gasteiger partial charge in [-0.2, -0.15) is 0 Å². The van der Waals surface area contributed by atoms with Gasteiger partial charge in [0, 0.05) is 37.4 Å². The molecule has 0 spiro atoms. The van der Waals surface area contributed by atoms with Gasteiger partial charge in [-0.15, -0.1) is 0 Å². The summed E-state index contributed by atoms with van der Waals surface area (Å²) in [6.07, 6.45) is 1.62. The predicted molar refractivity (Wildman–Crippen MR) is 100.0 cm³/mol. The van der Waals surface area contributed by atoms with Crippen LogP contribution in [0.1, 0.15) is 0 Å². The summed E-state index contributed by atoms with van der Waals surface area (Å²) in [6.45, 7) is 2.59. The highest BCUT2D eigenvalue weighted by Crippen LogP contribution is 2.27. The van der Waals surface area contributed by atoms with Crippen molar-refractivity contribution in [2.45, 2.75) is 0 Å². The van der Waals surface area contributed by atoms with Gasteiger partial charge in [0.2, 0.25) is 0 Å². The van der Waals surface area contributed by atoms with Crippen LogP contribution in [0.3, 0.4) is 0 Å². The second kappa shape index (κ2) is 8.13. The lowest BCUT2D eigenvalue weighted by Crippen LogP contribution is -2.50. The van der Waals surface area contributed by atoms with Crippen LogP contribution in [0.25, 0.3) is 0 Å². The van der Waals surface area contributed by atoms with Crippen molar-refractivity contribution in [3.8, 4) is 5.75 Å².